The summed E-state index contributed by atoms with van der Waals surface area (Å²) in [5.41, 5.74) is 0. The van der Waals surface area contributed by atoms with Crippen molar-refractivity contribution in [2.24, 2.45) is 0 Å². The molecular formula is C8H16N2O2. The van der Waals surface area contributed by atoms with Crippen molar-refractivity contribution in [2.75, 3.05) is 26.2 Å². The number of carbonyl (C=O) groups excluding carboxylic acids is 1. The Morgan fingerprint density at radius 2 is 2.50 bits per heavy atom. The van der Waals surface area contributed by atoms with Crippen LogP contribution in [0.4, 0.5) is 0 Å². The smallest absolute Gasteiger partial charge is 0.234 e. The number of amides is 1. The van der Waals surface area contributed by atoms with Gasteiger partial charge in [-0.25, -0.2) is 0 Å². The molecule has 1 rings (SSSR count). The zero-order valence-corrected chi connectivity index (χ0v) is 7.42. The molecule has 1 heterocycles. The molecule has 0 saturated carbocycles. The molecule has 1 amide bonds. The lowest BCUT2D eigenvalue weighted by Crippen LogP contribution is -2.54. The molecule has 1 atom stereocenters. The van der Waals surface area contributed by atoms with Crippen LogP contribution in [0.25, 0.3) is 0 Å². The van der Waals surface area contributed by atoms with Gasteiger partial charge >= 0.3 is 0 Å². The van der Waals surface area contributed by atoms with Crippen LogP contribution in [0.5, 0.6) is 0 Å². The SMILES string of the molecule is CCC1CNC(=O)CN1CCO. The number of piperazine rings is 1. The molecule has 1 saturated heterocycles. The highest BCUT2D eigenvalue weighted by Gasteiger charge is 2.23. The monoisotopic (exact) mass is 172 g/mol. The molecule has 0 bridgehead atoms. The van der Waals surface area contributed by atoms with Gasteiger partial charge in [0.05, 0.1) is 13.2 Å². The maximum Gasteiger partial charge on any atom is 0.234 e. The third kappa shape index (κ3) is 2.19. The number of nitrogens with one attached hydrogen (secondary N) is 1. The zero-order valence-electron chi connectivity index (χ0n) is 7.42. The van der Waals surface area contributed by atoms with Gasteiger partial charge < -0.3 is 10.4 Å². The van der Waals surface area contributed by atoms with E-state index in [0.717, 1.165) is 13.0 Å². The maximum absolute atomic E-state index is 11.0. The third-order valence-corrected chi connectivity index (χ3v) is 2.26. The molecule has 0 radical (unpaired) electrons. The van der Waals surface area contributed by atoms with Gasteiger partial charge in [0.15, 0.2) is 0 Å². The van der Waals surface area contributed by atoms with E-state index >= 15 is 0 Å². The molecule has 1 unspecified atom stereocenters. The molecule has 1 fully saturated rings. The van der Waals surface area contributed by atoms with Crippen molar-refractivity contribution >= 4 is 5.91 Å². The number of aliphatic hydroxyl groups is 1. The van der Waals surface area contributed by atoms with E-state index in [1.54, 1.807) is 0 Å². The minimum atomic E-state index is 0.0631. The van der Waals surface area contributed by atoms with Gasteiger partial charge in [0.1, 0.15) is 0 Å². The lowest BCUT2D eigenvalue weighted by molar-refractivity contribution is -0.125. The van der Waals surface area contributed by atoms with E-state index in [2.05, 4.69) is 12.2 Å². The molecule has 0 aromatic rings. The Morgan fingerprint density at radius 1 is 1.75 bits per heavy atom. The van der Waals surface area contributed by atoms with Gasteiger partial charge in [-0.15, -0.1) is 0 Å². The molecule has 1 aliphatic rings. The summed E-state index contributed by atoms with van der Waals surface area (Å²) in [6.07, 6.45) is 1.01. The average Bonchev–Trinajstić information content (AvgIpc) is 2.05. The zero-order chi connectivity index (χ0) is 8.97. The number of hydrogen-bond acceptors (Lipinski definition) is 3. The largest absolute Gasteiger partial charge is 0.395 e. The highest BCUT2D eigenvalue weighted by molar-refractivity contribution is 5.78. The van der Waals surface area contributed by atoms with Crippen molar-refractivity contribution in [2.45, 2.75) is 19.4 Å². The van der Waals surface area contributed by atoms with Crippen LogP contribution in [0.3, 0.4) is 0 Å². The van der Waals surface area contributed by atoms with Gasteiger partial charge in [-0.1, -0.05) is 6.92 Å². The highest BCUT2D eigenvalue weighted by atomic mass is 16.3. The van der Waals surface area contributed by atoms with Crippen molar-refractivity contribution in [1.82, 2.24) is 10.2 Å². The van der Waals surface area contributed by atoms with Crippen LogP contribution in [0.2, 0.25) is 0 Å². The fourth-order valence-corrected chi connectivity index (χ4v) is 1.52. The van der Waals surface area contributed by atoms with Crippen LogP contribution in [-0.2, 0) is 4.79 Å². The molecule has 2 N–H and O–H groups in total. The first kappa shape index (κ1) is 9.48. The Labute approximate surface area is 72.6 Å². The van der Waals surface area contributed by atoms with Crippen molar-refractivity contribution in [3.63, 3.8) is 0 Å². The van der Waals surface area contributed by atoms with E-state index in [1.165, 1.54) is 0 Å². The Bertz CT molecular complexity index is 161. The number of hydrogen-bond donors (Lipinski definition) is 2. The van der Waals surface area contributed by atoms with Crippen LogP contribution in [-0.4, -0.2) is 48.2 Å². The van der Waals surface area contributed by atoms with Crippen molar-refractivity contribution in [1.29, 1.82) is 0 Å². The molecule has 0 aromatic heterocycles. The molecule has 1 aliphatic heterocycles. The first-order chi connectivity index (χ1) is 5.77. The standard InChI is InChI=1S/C8H16N2O2/c1-2-7-5-9-8(12)6-10(7)3-4-11/h7,11H,2-6H2,1H3,(H,9,12). The summed E-state index contributed by atoms with van der Waals surface area (Å²) in [7, 11) is 0. The number of carbonyl (C=O) groups is 1. The second-order valence-corrected chi connectivity index (χ2v) is 3.06. The molecule has 4 heteroatoms. The lowest BCUT2D eigenvalue weighted by atomic mass is 10.1. The maximum atomic E-state index is 11.0. The topological polar surface area (TPSA) is 52.6 Å². The molecule has 0 aromatic carbocycles. The van der Waals surface area contributed by atoms with E-state index in [9.17, 15) is 4.79 Å². The molecule has 12 heavy (non-hydrogen) atoms. The fourth-order valence-electron chi connectivity index (χ4n) is 1.52. The summed E-state index contributed by atoms with van der Waals surface area (Å²) >= 11 is 0. The Morgan fingerprint density at radius 3 is 3.08 bits per heavy atom. The van der Waals surface area contributed by atoms with Gasteiger partial charge in [-0.05, 0) is 6.42 Å². The van der Waals surface area contributed by atoms with Crippen LogP contribution in [0.15, 0.2) is 0 Å². The Kier molecular flexibility index (Phi) is 3.49. The number of aliphatic hydroxyl groups excluding tert-OH is 1. The lowest BCUT2D eigenvalue weighted by Gasteiger charge is -2.34. The van der Waals surface area contributed by atoms with E-state index in [-0.39, 0.29) is 12.5 Å². The predicted octanol–water partition coefficient (Wildman–Crippen LogP) is -0.811. The van der Waals surface area contributed by atoms with E-state index in [1.807, 2.05) is 4.90 Å². The molecule has 0 spiro atoms. The highest BCUT2D eigenvalue weighted by Crippen LogP contribution is 2.06. The van der Waals surface area contributed by atoms with Crippen molar-refractivity contribution in [3.05, 3.63) is 0 Å². The van der Waals surface area contributed by atoms with Crippen LogP contribution >= 0.6 is 0 Å². The van der Waals surface area contributed by atoms with Gasteiger partial charge in [0.25, 0.3) is 0 Å². The molecule has 4 nitrogen and oxygen atoms in total. The second-order valence-electron chi connectivity index (χ2n) is 3.06. The van der Waals surface area contributed by atoms with Gasteiger partial charge in [0.2, 0.25) is 5.91 Å². The van der Waals surface area contributed by atoms with Gasteiger partial charge in [-0.3, -0.25) is 9.69 Å². The number of β-amino-alcohol motifs (C(OH)–C–C–N with tert-alkyl or cyclic N) is 1. The summed E-state index contributed by atoms with van der Waals surface area (Å²) in [5, 5.41) is 11.6. The first-order valence-corrected chi connectivity index (χ1v) is 4.39. The van der Waals surface area contributed by atoms with Gasteiger partial charge in [0, 0.05) is 19.1 Å². The normalized spacial score (nSPS) is 25.5. The van der Waals surface area contributed by atoms with Crippen LogP contribution in [0.1, 0.15) is 13.3 Å². The Balaban J connectivity index is 2.45. The minimum Gasteiger partial charge on any atom is -0.395 e. The third-order valence-electron chi connectivity index (χ3n) is 2.26. The quantitative estimate of drug-likeness (QED) is 0.585. The first-order valence-electron chi connectivity index (χ1n) is 4.39. The summed E-state index contributed by atoms with van der Waals surface area (Å²) in [4.78, 5) is 13.0. The van der Waals surface area contributed by atoms with Gasteiger partial charge in [-0.2, -0.15) is 0 Å². The van der Waals surface area contributed by atoms with E-state index in [4.69, 9.17) is 5.11 Å². The summed E-state index contributed by atoms with van der Waals surface area (Å²) in [6, 6.07) is 0.398. The summed E-state index contributed by atoms with van der Waals surface area (Å²) in [5.74, 6) is 0.0631. The van der Waals surface area contributed by atoms with Crippen LogP contribution < -0.4 is 5.32 Å². The van der Waals surface area contributed by atoms with E-state index < -0.39 is 0 Å². The summed E-state index contributed by atoms with van der Waals surface area (Å²) in [6.45, 7) is 3.97. The average molecular weight is 172 g/mol. The second kappa shape index (κ2) is 4.42. The number of rotatable bonds is 3. The molecule has 0 aliphatic carbocycles. The minimum absolute atomic E-state index is 0.0631. The fraction of sp³-hybridized carbons (Fsp3) is 0.875. The van der Waals surface area contributed by atoms with Crippen molar-refractivity contribution < 1.29 is 9.90 Å². The predicted molar refractivity (Wildman–Crippen MR) is 45.7 cm³/mol. The Hall–Kier alpha value is -0.610. The molecule has 70 valence electrons. The van der Waals surface area contributed by atoms with Crippen LogP contribution in [0, 0.1) is 0 Å². The van der Waals surface area contributed by atoms with Crippen molar-refractivity contribution in [3.8, 4) is 0 Å². The summed E-state index contributed by atoms with van der Waals surface area (Å²) < 4.78 is 0. The molecular weight excluding hydrogens is 156 g/mol. The number of nitrogens with zero attached hydrogens (tertiary/aromatic N) is 1. The van der Waals surface area contributed by atoms with E-state index in [0.29, 0.717) is 19.1 Å².